The molecule has 0 saturated heterocycles. The molecule has 0 radical (unpaired) electrons. The largest absolute Gasteiger partial charge is 0.444 e. The van der Waals surface area contributed by atoms with Crippen molar-refractivity contribution in [3.05, 3.63) is 0 Å². The van der Waals surface area contributed by atoms with Gasteiger partial charge in [0, 0.05) is 6.54 Å². The Morgan fingerprint density at radius 2 is 1.94 bits per heavy atom. The van der Waals surface area contributed by atoms with Gasteiger partial charge in [0.2, 0.25) is 5.91 Å². The molecule has 0 aromatic rings. The van der Waals surface area contributed by atoms with Gasteiger partial charge in [0.1, 0.15) is 5.60 Å². The van der Waals surface area contributed by atoms with Crippen LogP contribution in [-0.2, 0) is 9.53 Å². The Morgan fingerprint density at radius 1 is 1.33 bits per heavy atom. The normalized spacial score (nSPS) is 12.9. The first kappa shape index (κ1) is 16.7. The lowest BCUT2D eigenvalue weighted by atomic mass is 10.0. The molecule has 0 unspecified atom stereocenters. The lowest BCUT2D eigenvalue weighted by Gasteiger charge is -2.19. The third-order valence-electron chi connectivity index (χ3n) is 2.27. The van der Waals surface area contributed by atoms with Gasteiger partial charge in [-0.2, -0.15) is 0 Å². The van der Waals surface area contributed by atoms with Gasteiger partial charge in [0.05, 0.1) is 12.5 Å². The van der Waals surface area contributed by atoms with Gasteiger partial charge in [0.25, 0.3) is 0 Å². The minimum Gasteiger partial charge on any atom is -0.444 e. The lowest BCUT2D eigenvalue weighted by Crippen LogP contribution is -2.33. The van der Waals surface area contributed by atoms with Gasteiger partial charge < -0.3 is 20.9 Å². The molecular formula is C12H24N2O4. The molecule has 0 heterocycles. The molecule has 6 nitrogen and oxygen atoms in total. The molecular weight excluding hydrogens is 236 g/mol. The van der Waals surface area contributed by atoms with Gasteiger partial charge in [0.15, 0.2) is 0 Å². The maximum absolute atomic E-state index is 11.3. The summed E-state index contributed by atoms with van der Waals surface area (Å²) in [6.45, 7) is 5.64. The molecule has 4 N–H and O–H groups in total. The number of nitrogens with two attached hydrogens (primary N) is 1. The molecule has 0 spiro atoms. The number of rotatable bonds is 7. The van der Waals surface area contributed by atoms with Crippen molar-refractivity contribution in [1.82, 2.24) is 5.32 Å². The van der Waals surface area contributed by atoms with Crippen LogP contribution in [0.4, 0.5) is 4.79 Å². The number of unbranched alkanes of at least 4 members (excludes halogenated alkanes) is 1. The van der Waals surface area contributed by atoms with Gasteiger partial charge in [-0.15, -0.1) is 0 Å². The zero-order chi connectivity index (χ0) is 14.2. The zero-order valence-electron chi connectivity index (χ0n) is 11.4. The molecule has 0 bridgehead atoms. The number of alkyl carbamates (subject to hydrolysis) is 1. The zero-order valence-corrected chi connectivity index (χ0v) is 11.4. The predicted molar refractivity (Wildman–Crippen MR) is 67.9 cm³/mol. The number of carbonyl (C=O) groups excluding carboxylic acids is 2. The van der Waals surface area contributed by atoms with E-state index in [9.17, 15) is 9.59 Å². The van der Waals surface area contributed by atoms with E-state index >= 15 is 0 Å². The Labute approximate surface area is 108 Å². The van der Waals surface area contributed by atoms with Crippen molar-refractivity contribution in [2.24, 2.45) is 11.7 Å². The number of nitrogens with one attached hydrogen (secondary N) is 1. The number of primary amides is 1. The fourth-order valence-electron chi connectivity index (χ4n) is 1.34. The molecule has 0 saturated carbocycles. The molecule has 0 aliphatic heterocycles. The van der Waals surface area contributed by atoms with Crippen LogP contribution in [0.15, 0.2) is 0 Å². The molecule has 0 aliphatic carbocycles. The summed E-state index contributed by atoms with van der Waals surface area (Å²) in [5.41, 5.74) is 4.59. The highest BCUT2D eigenvalue weighted by Crippen LogP contribution is 2.08. The summed E-state index contributed by atoms with van der Waals surface area (Å²) in [5.74, 6) is -0.982. The molecule has 0 rings (SSSR count). The van der Waals surface area contributed by atoms with Crippen LogP contribution in [0.2, 0.25) is 0 Å². The van der Waals surface area contributed by atoms with Gasteiger partial charge in [-0.3, -0.25) is 4.79 Å². The Hall–Kier alpha value is -1.30. The van der Waals surface area contributed by atoms with E-state index in [1.165, 1.54) is 0 Å². The van der Waals surface area contributed by atoms with Crippen molar-refractivity contribution in [3.63, 3.8) is 0 Å². The van der Waals surface area contributed by atoms with E-state index in [1.54, 1.807) is 20.8 Å². The van der Waals surface area contributed by atoms with Gasteiger partial charge >= 0.3 is 6.09 Å². The van der Waals surface area contributed by atoms with Gasteiger partial charge in [-0.05, 0) is 33.6 Å². The van der Waals surface area contributed by atoms with E-state index in [4.69, 9.17) is 15.6 Å². The Balaban J connectivity index is 3.62. The number of carbonyl (C=O) groups is 2. The molecule has 0 aliphatic rings. The van der Waals surface area contributed by atoms with Gasteiger partial charge in [-0.25, -0.2) is 4.79 Å². The fourth-order valence-corrected chi connectivity index (χ4v) is 1.34. The maximum atomic E-state index is 11.3. The second kappa shape index (κ2) is 7.92. The first-order valence-corrected chi connectivity index (χ1v) is 6.13. The average Bonchev–Trinajstić information content (AvgIpc) is 2.20. The van der Waals surface area contributed by atoms with E-state index in [-0.39, 0.29) is 6.61 Å². The Morgan fingerprint density at radius 3 is 2.39 bits per heavy atom. The van der Waals surface area contributed by atoms with Crippen LogP contribution < -0.4 is 11.1 Å². The monoisotopic (exact) mass is 260 g/mol. The van der Waals surface area contributed by atoms with Crippen molar-refractivity contribution in [2.45, 2.75) is 45.6 Å². The number of hydrogen-bond acceptors (Lipinski definition) is 4. The number of amides is 2. The number of aliphatic hydroxyl groups excluding tert-OH is 1. The van der Waals surface area contributed by atoms with E-state index in [2.05, 4.69) is 5.32 Å². The highest BCUT2D eigenvalue weighted by molar-refractivity contribution is 5.76. The summed E-state index contributed by atoms with van der Waals surface area (Å²) in [6.07, 6.45) is 1.51. The fraction of sp³-hybridized carbons (Fsp3) is 0.833. The van der Waals surface area contributed by atoms with Crippen LogP contribution in [0.25, 0.3) is 0 Å². The number of hydrogen-bond donors (Lipinski definition) is 3. The Bertz CT molecular complexity index is 274. The molecule has 1 atom stereocenters. The highest BCUT2D eigenvalue weighted by atomic mass is 16.6. The minimum absolute atomic E-state index is 0.227. The summed E-state index contributed by atoms with van der Waals surface area (Å²) in [6, 6.07) is 0. The van der Waals surface area contributed by atoms with E-state index in [0.717, 1.165) is 0 Å². The van der Waals surface area contributed by atoms with Crippen LogP contribution in [0.1, 0.15) is 40.0 Å². The van der Waals surface area contributed by atoms with E-state index in [0.29, 0.717) is 25.8 Å². The van der Waals surface area contributed by atoms with E-state index in [1.807, 2.05) is 0 Å². The second-order valence-electron chi connectivity index (χ2n) is 5.21. The van der Waals surface area contributed by atoms with Crippen LogP contribution >= 0.6 is 0 Å². The van der Waals surface area contributed by atoms with Crippen molar-refractivity contribution in [3.8, 4) is 0 Å². The number of aliphatic hydroxyl groups is 1. The summed E-state index contributed by atoms with van der Waals surface area (Å²) < 4.78 is 5.06. The molecule has 6 heteroatoms. The van der Waals surface area contributed by atoms with Crippen molar-refractivity contribution >= 4 is 12.0 Å². The maximum Gasteiger partial charge on any atom is 0.407 e. The average molecular weight is 260 g/mol. The molecule has 0 aromatic heterocycles. The van der Waals surface area contributed by atoms with Crippen molar-refractivity contribution in [1.29, 1.82) is 0 Å². The second-order valence-corrected chi connectivity index (χ2v) is 5.21. The molecule has 106 valence electrons. The molecule has 0 fully saturated rings. The third kappa shape index (κ3) is 8.81. The quantitative estimate of drug-likeness (QED) is 0.588. The summed E-state index contributed by atoms with van der Waals surface area (Å²) in [4.78, 5) is 22.1. The van der Waals surface area contributed by atoms with Gasteiger partial charge in [-0.1, -0.05) is 6.42 Å². The van der Waals surface area contributed by atoms with Crippen LogP contribution in [0.3, 0.4) is 0 Å². The summed E-state index contributed by atoms with van der Waals surface area (Å²) in [7, 11) is 0. The lowest BCUT2D eigenvalue weighted by molar-refractivity contribution is -0.123. The van der Waals surface area contributed by atoms with Crippen molar-refractivity contribution < 1.29 is 19.4 Å². The summed E-state index contributed by atoms with van der Waals surface area (Å²) >= 11 is 0. The first-order chi connectivity index (χ1) is 8.26. The third-order valence-corrected chi connectivity index (χ3v) is 2.27. The highest BCUT2D eigenvalue weighted by Gasteiger charge is 2.16. The molecule has 0 aromatic carbocycles. The Kier molecular flexibility index (Phi) is 7.35. The predicted octanol–water partition coefficient (Wildman–Crippen LogP) is 0.775. The SMILES string of the molecule is CC(C)(C)OC(=O)NCCCC[C@@H](CO)C(N)=O. The minimum atomic E-state index is -0.502. The topological polar surface area (TPSA) is 102 Å². The smallest absolute Gasteiger partial charge is 0.407 e. The van der Waals surface area contributed by atoms with E-state index < -0.39 is 23.5 Å². The standard InChI is InChI=1S/C12H24N2O4/c1-12(2,3)18-11(17)14-7-5-4-6-9(8-15)10(13)16/h9,15H,4-8H2,1-3H3,(H2,13,16)(H,14,17)/t9-/m0/s1. The van der Waals surface area contributed by atoms with Crippen LogP contribution in [-0.4, -0.2) is 35.9 Å². The first-order valence-electron chi connectivity index (χ1n) is 6.13. The van der Waals surface area contributed by atoms with Crippen molar-refractivity contribution in [2.75, 3.05) is 13.2 Å². The van der Waals surface area contributed by atoms with Crippen LogP contribution in [0, 0.1) is 5.92 Å². The van der Waals surface area contributed by atoms with Crippen LogP contribution in [0.5, 0.6) is 0 Å². The number of ether oxygens (including phenoxy) is 1. The summed E-state index contributed by atoms with van der Waals surface area (Å²) in [5, 5.41) is 11.5. The molecule has 18 heavy (non-hydrogen) atoms. The molecule has 2 amide bonds.